The quantitative estimate of drug-likeness (QED) is 0.713. The molecule has 0 amide bonds. The maximum Gasteiger partial charge on any atom is 0.320 e. The third-order valence-electron chi connectivity index (χ3n) is 2.14. The SMILES string of the molecule is CN(C)[C@H]1CN[C@H](C(=O)O)C1.Cl.Cl. The molecule has 2 N–H and O–H groups in total. The van der Waals surface area contributed by atoms with Crippen molar-refractivity contribution >= 4 is 30.8 Å². The molecule has 1 rings (SSSR count). The Morgan fingerprint density at radius 2 is 2.00 bits per heavy atom. The van der Waals surface area contributed by atoms with Crippen LogP contribution in [0.15, 0.2) is 0 Å². The summed E-state index contributed by atoms with van der Waals surface area (Å²) in [6.07, 6.45) is 0.711. The fraction of sp³-hybridized carbons (Fsp3) is 0.857. The van der Waals surface area contributed by atoms with Gasteiger partial charge in [0, 0.05) is 12.6 Å². The van der Waals surface area contributed by atoms with Crippen LogP contribution in [0.1, 0.15) is 6.42 Å². The Labute approximate surface area is 90.5 Å². The van der Waals surface area contributed by atoms with E-state index in [-0.39, 0.29) is 30.9 Å². The highest BCUT2D eigenvalue weighted by molar-refractivity contribution is 5.85. The van der Waals surface area contributed by atoms with Crippen LogP contribution >= 0.6 is 24.8 Å². The lowest BCUT2D eigenvalue weighted by Gasteiger charge is -2.16. The van der Waals surface area contributed by atoms with Crippen LogP contribution in [-0.4, -0.2) is 48.7 Å². The van der Waals surface area contributed by atoms with E-state index in [0.717, 1.165) is 6.54 Å². The second-order valence-corrected chi connectivity index (χ2v) is 3.15. The van der Waals surface area contributed by atoms with E-state index in [1.165, 1.54) is 0 Å². The first-order valence-electron chi connectivity index (χ1n) is 3.74. The zero-order chi connectivity index (χ0) is 8.43. The van der Waals surface area contributed by atoms with Gasteiger partial charge in [-0.05, 0) is 20.5 Å². The number of likely N-dealkylation sites (N-methyl/N-ethyl adjacent to an activating group) is 1. The summed E-state index contributed by atoms with van der Waals surface area (Å²) in [6, 6.07) is 0.0264. The smallest absolute Gasteiger partial charge is 0.320 e. The van der Waals surface area contributed by atoms with Crippen LogP contribution in [-0.2, 0) is 4.79 Å². The number of nitrogens with one attached hydrogen (secondary N) is 1. The lowest BCUT2D eigenvalue weighted by atomic mass is 10.1. The molecule has 0 spiro atoms. The van der Waals surface area contributed by atoms with E-state index in [0.29, 0.717) is 12.5 Å². The minimum atomic E-state index is -0.741. The van der Waals surface area contributed by atoms with E-state index in [1.807, 2.05) is 14.1 Å². The minimum absolute atomic E-state index is 0. The number of hydrogen-bond acceptors (Lipinski definition) is 3. The molecule has 4 nitrogen and oxygen atoms in total. The maximum atomic E-state index is 10.5. The third kappa shape index (κ3) is 4.13. The topological polar surface area (TPSA) is 52.6 Å². The van der Waals surface area contributed by atoms with Gasteiger partial charge in [-0.3, -0.25) is 4.79 Å². The molecule has 80 valence electrons. The Bertz CT molecular complexity index is 167. The summed E-state index contributed by atoms with van der Waals surface area (Å²) in [5.41, 5.74) is 0. The fourth-order valence-electron chi connectivity index (χ4n) is 1.30. The highest BCUT2D eigenvalue weighted by Gasteiger charge is 2.29. The molecule has 1 heterocycles. The molecule has 2 atom stereocenters. The first-order chi connectivity index (χ1) is 5.11. The van der Waals surface area contributed by atoms with Crippen molar-refractivity contribution < 1.29 is 9.90 Å². The number of aliphatic carboxylic acids is 1. The van der Waals surface area contributed by atoms with Gasteiger partial charge in [-0.15, -0.1) is 24.8 Å². The number of nitrogens with zero attached hydrogens (tertiary/aromatic N) is 1. The summed E-state index contributed by atoms with van der Waals surface area (Å²) < 4.78 is 0. The molecule has 0 saturated carbocycles. The van der Waals surface area contributed by atoms with E-state index >= 15 is 0 Å². The second kappa shape index (κ2) is 6.43. The summed E-state index contributed by atoms with van der Waals surface area (Å²) in [5.74, 6) is -0.741. The molecule has 1 fully saturated rings. The molecular weight excluding hydrogens is 215 g/mol. The van der Waals surface area contributed by atoms with Gasteiger partial charge in [0.05, 0.1) is 0 Å². The van der Waals surface area contributed by atoms with Crippen molar-refractivity contribution in [3.8, 4) is 0 Å². The van der Waals surface area contributed by atoms with Crippen molar-refractivity contribution in [2.75, 3.05) is 20.6 Å². The molecule has 0 aliphatic carbocycles. The van der Waals surface area contributed by atoms with Crippen molar-refractivity contribution in [2.24, 2.45) is 0 Å². The molecule has 13 heavy (non-hydrogen) atoms. The molecule has 0 aromatic carbocycles. The largest absolute Gasteiger partial charge is 0.480 e. The lowest BCUT2D eigenvalue weighted by molar-refractivity contribution is -0.139. The summed E-state index contributed by atoms with van der Waals surface area (Å²) in [4.78, 5) is 12.5. The number of carboxylic acid groups (broad SMARTS) is 1. The van der Waals surface area contributed by atoms with Gasteiger partial charge in [-0.1, -0.05) is 0 Å². The zero-order valence-electron chi connectivity index (χ0n) is 7.69. The molecule has 1 saturated heterocycles. The average molecular weight is 231 g/mol. The fourth-order valence-corrected chi connectivity index (χ4v) is 1.30. The summed E-state index contributed by atoms with van der Waals surface area (Å²) in [6.45, 7) is 0.782. The van der Waals surface area contributed by atoms with E-state index in [9.17, 15) is 4.79 Å². The van der Waals surface area contributed by atoms with Gasteiger partial charge in [0.2, 0.25) is 0 Å². The molecule has 1 aliphatic rings. The Morgan fingerprint density at radius 3 is 2.23 bits per heavy atom. The number of carbonyl (C=O) groups is 1. The Balaban J connectivity index is 0. The van der Waals surface area contributed by atoms with E-state index < -0.39 is 5.97 Å². The zero-order valence-corrected chi connectivity index (χ0v) is 9.32. The Kier molecular flexibility index (Phi) is 7.64. The number of carboxylic acids is 1. The van der Waals surface area contributed by atoms with Crippen molar-refractivity contribution in [3.63, 3.8) is 0 Å². The van der Waals surface area contributed by atoms with Gasteiger partial charge in [0.25, 0.3) is 0 Å². The van der Waals surface area contributed by atoms with Crippen molar-refractivity contribution in [1.29, 1.82) is 0 Å². The standard InChI is InChI=1S/C7H14N2O2.2ClH/c1-9(2)5-3-6(7(10)11)8-4-5;;/h5-6,8H,3-4H2,1-2H3,(H,10,11);2*1H/t5-,6+;;/m1../s1. The van der Waals surface area contributed by atoms with Crippen LogP contribution in [0.25, 0.3) is 0 Å². The number of halogens is 2. The summed E-state index contributed by atoms with van der Waals surface area (Å²) in [7, 11) is 3.94. The molecule has 0 bridgehead atoms. The average Bonchev–Trinajstić information content (AvgIpc) is 2.33. The highest BCUT2D eigenvalue weighted by Crippen LogP contribution is 2.10. The van der Waals surface area contributed by atoms with Crippen molar-refractivity contribution in [3.05, 3.63) is 0 Å². The van der Waals surface area contributed by atoms with Gasteiger partial charge >= 0.3 is 5.97 Å². The number of hydrogen-bond donors (Lipinski definition) is 2. The van der Waals surface area contributed by atoms with Gasteiger partial charge in [-0.2, -0.15) is 0 Å². The first-order valence-corrected chi connectivity index (χ1v) is 3.74. The van der Waals surface area contributed by atoms with Crippen LogP contribution in [0.5, 0.6) is 0 Å². The molecule has 0 aromatic rings. The van der Waals surface area contributed by atoms with Gasteiger partial charge in [0.15, 0.2) is 0 Å². The van der Waals surface area contributed by atoms with Crippen LogP contribution < -0.4 is 5.32 Å². The van der Waals surface area contributed by atoms with E-state index in [4.69, 9.17) is 5.11 Å². The predicted molar refractivity (Wildman–Crippen MR) is 56.0 cm³/mol. The third-order valence-corrected chi connectivity index (χ3v) is 2.14. The highest BCUT2D eigenvalue weighted by atomic mass is 35.5. The molecule has 0 aromatic heterocycles. The van der Waals surface area contributed by atoms with Gasteiger partial charge in [0.1, 0.15) is 6.04 Å². The first kappa shape index (κ1) is 15.4. The summed E-state index contributed by atoms with van der Waals surface area (Å²) in [5, 5.41) is 11.6. The predicted octanol–water partition coefficient (Wildman–Crippen LogP) is 0.207. The lowest BCUT2D eigenvalue weighted by Crippen LogP contribution is -2.30. The van der Waals surface area contributed by atoms with Crippen LogP contribution in [0, 0.1) is 0 Å². The Morgan fingerprint density at radius 1 is 1.46 bits per heavy atom. The molecule has 1 aliphatic heterocycles. The van der Waals surface area contributed by atoms with Crippen molar-refractivity contribution in [1.82, 2.24) is 10.2 Å². The van der Waals surface area contributed by atoms with Crippen LogP contribution in [0.2, 0.25) is 0 Å². The van der Waals surface area contributed by atoms with Gasteiger partial charge < -0.3 is 15.3 Å². The molecule has 6 heteroatoms. The van der Waals surface area contributed by atoms with Crippen LogP contribution in [0.4, 0.5) is 0 Å². The van der Waals surface area contributed by atoms with E-state index in [1.54, 1.807) is 0 Å². The van der Waals surface area contributed by atoms with Crippen LogP contribution in [0.3, 0.4) is 0 Å². The monoisotopic (exact) mass is 230 g/mol. The van der Waals surface area contributed by atoms with E-state index in [2.05, 4.69) is 10.2 Å². The normalized spacial score (nSPS) is 26.4. The Hall–Kier alpha value is -0.0300. The van der Waals surface area contributed by atoms with Gasteiger partial charge in [-0.25, -0.2) is 0 Å². The molecule has 0 unspecified atom stereocenters. The molecule has 0 radical (unpaired) electrons. The number of rotatable bonds is 2. The second-order valence-electron chi connectivity index (χ2n) is 3.15. The maximum absolute atomic E-state index is 10.5. The molecular formula is C7H16Cl2N2O2. The minimum Gasteiger partial charge on any atom is -0.480 e. The van der Waals surface area contributed by atoms with Crippen molar-refractivity contribution in [2.45, 2.75) is 18.5 Å². The summed E-state index contributed by atoms with van der Waals surface area (Å²) >= 11 is 0.